The summed E-state index contributed by atoms with van der Waals surface area (Å²) in [6.45, 7) is 6.77. The van der Waals surface area contributed by atoms with Crippen molar-refractivity contribution in [2.24, 2.45) is 23.5 Å². The number of likely N-dealkylation sites (tertiary alicyclic amines) is 1. The van der Waals surface area contributed by atoms with Gasteiger partial charge in [-0.1, -0.05) is 57.5 Å². The fraction of sp³-hybridized carbons (Fsp3) is 0.516. The number of carbonyl (C=O) groups is 3. The predicted octanol–water partition coefficient (Wildman–Crippen LogP) is 5.93. The number of nitrogens with two attached hydrogens (primary N) is 1. The molecule has 9 heteroatoms. The summed E-state index contributed by atoms with van der Waals surface area (Å²) >= 11 is 0. The number of carbonyl (C=O) groups excluding carboxylic acids is 3. The third-order valence-corrected chi connectivity index (χ3v) is 7.46. The number of hydrogen-bond acceptors (Lipinski definition) is 3. The van der Waals surface area contributed by atoms with Crippen LogP contribution in [0.3, 0.4) is 0 Å². The molecule has 1 fully saturated rings. The lowest BCUT2D eigenvalue weighted by Crippen LogP contribution is -2.50. The summed E-state index contributed by atoms with van der Waals surface area (Å²) in [6, 6.07) is 11.7. The Morgan fingerprint density at radius 2 is 1.75 bits per heavy atom. The van der Waals surface area contributed by atoms with Gasteiger partial charge in [0.25, 0.3) is 0 Å². The van der Waals surface area contributed by atoms with Crippen LogP contribution < -0.4 is 11.1 Å². The van der Waals surface area contributed by atoms with Crippen LogP contribution in [-0.2, 0) is 27.1 Å². The lowest BCUT2D eigenvalue weighted by molar-refractivity contribution is -0.139. The molecular weight excluding hydrogens is 519 g/mol. The van der Waals surface area contributed by atoms with Crippen LogP contribution in [0.5, 0.6) is 0 Å². The largest absolute Gasteiger partial charge is 0.416 e. The molecular formula is C31H40F3N3O3. The van der Waals surface area contributed by atoms with Crippen molar-refractivity contribution in [1.29, 1.82) is 0 Å². The van der Waals surface area contributed by atoms with Crippen molar-refractivity contribution in [3.05, 3.63) is 59.7 Å². The van der Waals surface area contributed by atoms with Gasteiger partial charge in [-0.05, 0) is 72.9 Å². The number of alkyl halides is 3. The van der Waals surface area contributed by atoms with Crippen molar-refractivity contribution in [2.75, 3.05) is 6.54 Å². The van der Waals surface area contributed by atoms with Gasteiger partial charge in [0, 0.05) is 24.9 Å². The van der Waals surface area contributed by atoms with E-state index in [2.05, 4.69) is 5.32 Å². The van der Waals surface area contributed by atoms with Gasteiger partial charge in [-0.3, -0.25) is 14.4 Å². The van der Waals surface area contributed by atoms with E-state index in [1.165, 1.54) is 12.1 Å². The van der Waals surface area contributed by atoms with Crippen LogP contribution in [0.4, 0.5) is 13.2 Å². The average molecular weight is 560 g/mol. The molecule has 1 aliphatic rings. The van der Waals surface area contributed by atoms with E-state index < -0.39 is 35.5 Å². The van der Waals surface area contributed by atoms with E-state index in [0.717, 1.165) is 42.5 Å². The zero-order valence-corrected chi connectivity index (χ0v) is 23.5. The second kappa shape index (κ2) is 13.8. The first kappa shape index (κ1) is 31.2. The maximum Gasteiger partial charge on any atom is 0.416 e. The van der Waals surface area contributed by atoms with Gasteiger partial charge in [0.15, 0.2) is 0 Å². The summed E-state index contributed by atoms with van der Waals surface area (Å²) in [6.07, 6.45) is -0.604. The molecule has 0 spiro atoms. The molecule has 1 aliphatic heterocycles. The molecule has 0 aromatic heterocycles. The molecule has 218 valence electrons. The molecule has 0 bridgehead atoms. The van der Waals surface area contributed by atoms with Crippen molar-refractivity contribution in [2.45, 2.75) is 78.1 Å². The molecule has 0 aliphatic carbocycles. The number of nitrogens with zero attached hydrogens (tertiary/aromatic N) is 1. The quantitative estimate of drug-likeness (QED) is 0.357. The van der Waals surface area contributed by atoms with Crippen molar-refractivity contribution in [3.63, 3.8) is 0 Å². The van der Waals surface area contributed by atoms with E-state index in [1.807, 2.05) is 45.0 Å². The number of hydrogen-bond donors (Lipinski definition) is 2. The highest BCUT2D eigenvalue weighted by Crippen LogP contribution is 2.31. The summed E-state index contributed by atoms with van der Waals surface area (Å²) in [5, 5.41) is 2.95. The minimum atomic E-state index is -4.40. The summed E-state index contributed by atoms with van der Waals surface area (Å²) in [5.74, 6) is -1.99. The van der Waals surface area contributed by atoms with Crippen LogP contribution in [0.1, 0.15) is 70.4 Å². The Morgan fingerprint density at radius 3 is 2.35 bits per heavy atom. The standard InChI is InChI=1S/C31H40F3N3O3/c1-4-8-25(28(35)38)26(17-20(2)3)29(39)36-27-11-5-6-16-37(30(27)40)19-21-9-7-10-23(18-21)22-12-14-24(15-13-22)31(32,33)34/h7,9-10,12-15,18,20,25-27H,4-6,8,11,16-17,19H2,1-3H3,(H2,35,38)(H,36,39)/t25-,26-,27-/m0/s1. The Bertz CT molecular complexity index is 1160. The first-order chi connectivity index (χ1) is 18.9. The third-order valence-electron chi connectivity index (χ3n) is 7.46. The van der Waals surface area contributed by atoms with Crippen molar-refractivity contribution in [1.82, 2.24) is 10.2 Å². The van der Waals surface area contributed by atoms with E-state index in [1.54, 1.807) is 4.90 Å². The zero-order chi connectivity index (χ0) is 29.4. The van der Waals surface area contributed by atoms with Crippen LogP contribution in [0.15, 0.2) is 48.5 Å². The maximum atomic E-state index is 13.6. The monoisotopic (exact) mass is 559 g/mol. The summed E-state index contributed by atoms with van der Waals surface area (Å²) in [5.41, 5.74) is 7.20. The molecule has 2 aromatic carbocycles. The minimum absolute atomic E-state index is 0.174. The topological polar surface area (TPSA) is 92.5 Å². The molecule has 3 amide bonds. The van der Waals surface area contributed by atoms with Gasteiger partial charge in [0.2, 0.25) is 17.7 Å². The van der Waals surface area contributed by atoms with Gasteiger partial charge in [0.05, 0.1) is 5.56 Å². The summed E-state index contributed by atoms with van der Waals surface area (Å²) in [7, 11) is 0. The Balaban J connectivity index is 1.75. The Kier molecular flexibility index (Phi) is 10.8. The lowest BCUT2D eigenvalue weighted by atomic mass is 9.81. The Labute approximate surface area is 234 Å². The average Bonchev–Trinajstić information content (AvgIpc) is 3.06. The summed E-state index contributed by atoms with van der Waals surface area (Å²) < 4.78 is 38.9. The second-order valence-electron chi connectivity index (χ2n) is 11.1. The van der Waals surface area contributed by atoms with Crippen LogP contribution in [0, 0.1) is 17.8 Å². The number of nitrogens with one attached hydrogen (secondary N) is 1. The number of primary amides is 1. The Hall–Kier alpha value is -3.36. The summed E-state index contributed by atoms with van der Waals surface area (Å²) in [4.78, 5) is 40.9. The molecule has 40 heavy (non-hydrogen) atoms. The maximum absolute atomic E-state index is 13.6. The van der Waals surface area contributed by atoms with Crippen molar-refractivity contribution in [3.8, 4) is 11.1 Å². The third kappa shape index (κ3) is 8.32. The van der Waals surface area contributed by atoms with E-state index in [0.29, 0.717) is 37.9 Å². The molecule has 1 heterocycles. The first-order valence-corrected chi connectivity index (χ1v) is 14.1. The Morgan fingerprint density at radius 1 is 1.05 bits per heavy atom. The van der Waals surface area contributed by atoms with E-state index in [9.17, 15) is 27.6 Å². The number of rotatable bonds is 11. The van der Waals surface area contributed by atoms with Gasteiger partial charge in [-0.15, -0.1) is 0 Å². The predicted molar refractivity (Wildman–Crippen MR) is 149 cm³/mol. The van der Waals surface area contributed by atoms with Crippen LogP contribution in [0.25, 0.3) is 11.1 Å². The molecule has 1 saturated heterocycles. The highest BCUT2D eigenvalue weighted by Gasteiger charge is 2.36. The van der Waals surface area contributed by atoms with Gasteiger partial charge in [0.1, 0.15) is 6.04 Å². The smallest absolute Gasteiger partial charge is 0.369 e. The SMILES string of the molecule is CCC[C@H](C(N)=O)[C@H](CC(C)C)C(=O)N[C@H]1CCCCN(Cc2cccc(-c3ccc(C(F)(F)F)cc3)c2)C1=O. The van der Waals surface area contributed by atoms with Crippen LogP contribution in [0.2, 0.25) is 0 Å². The number of halogens is 3. The fourth-order valence-electron chi connectivity index (χ4n) is 5.41. The van der Waals surface area contributed by atoms with E-state index >= 15 is 0 Å². The molecule has 0 unspecified atom stereocenters. The molecule has 3 N–H and O–H groups in total. The molecule has 2 aromatic rings. The zero-order valence-electron chi connectivity index (χ0n) is 23.5. The van der Waals surface area contributed by atoms with Gasteiger partial charge in [-0.25, -0.2) is 0 Å². The fourth-order valence-corrected chi connectivity index (χ4v) is 5.41. The molecule has 0 radical (unpaired) electrons. The van der Waals surface area contributed by atoms with Crippen LogP contribution in [-0.4, -0.2) is 35.2 Å². The van der Waals surface area contributed by atoms with E-state index in [4.69, 9.17) is 5.73 Å². The normalized spacial score (nSPS) is 17.8. The molecule has 0 saturated carbocycles. The molecule has 3 rings (SSSR count). The van der Waals surface area contributed by atoms with Crippen LogP contribution >= 0.6 is 0 Å². The van der Waals surface area contributed by atoms with Crippen molar-refractivity contribution >= 4 is 17.7 Å². The van der Waals surface area contributed by atoms with Gasteiger partial charge >= 0.3 is 6.18 Å². The van der Waals surface area contributed by atoms with E-state index in [-0.39, 0.29) is 17.7 Å². The molecule has 3 atom stereocenters. The number of amides is 3. The first-order valence-electron chi connectivity index (χ1n) is 14.1. The molecule has 6 nitrogen and oxygen atoms in total. The lowest BCUT2D eigenvalue weighted by Gasteiger charge is -2.29. The highest BCUT2D eigenvalue weighted by atomic mass is 19.4. The number of benzene rings is 2. The highest BCUT2D eigenvalue weighted by molar-refractivity contribution is 5.91. The minimum Gasteiger partial charge on any atom is -0.369 e. The van der Waals surface area contributed by atoms with Gasteiger partial charge in [-0.2, -0.15) is 13.2 Å². The second-order valence-corrected chi connectivity index (χ2v) is 11.1. The van der Waals surface area contributed by atoms with Gasteiger partial charge < -0.3 is 16.0 Å². The van der Waals surface area contributed by atoms with Crippen molar-refractivity contribution < 1.29 is 27.6 Å².